The summed E-state index contributed by atoms with van der Waals surface area (Å²) < 4.78 is 0. The number of likely N-dealkylation sites (N-methyl/N-ethyl adjacent to an activating group) is 1. The molecule has 0 aliphatic carbocycles. The van der Waals surface area contributed by atoms with Gasteiger partial charge in [0.1, 0.15) is 4.99 Å². The largest absolute Gasteiger partial charge is 0.360 e. The smallest absolute Gasteiger partial charge is 0.109 e. The number of piperazine rings is 1. The van der Waals surface area contributed by atoms with Crippen molar-refractivity contribution in [3.8, 4) is 0 Å². The summed E-state index contributed by atoms with van der Waals surface area (Å²) in [6.07, 6.45) is 0. The summed E-state index contributed by atoms with van der Waals surface area (Å²) in [4.78, 5) is 5.79. The molecule has 1 heterocycles. The van der Waals surface area contributed by atoms with Crippen LogP contribution >= 0.6 is 12.2 Å². The summed E-state index contributed by atoms with van der Waals surface area (Å²) in [5, 5.41) is 0. The molecule has 0 N–H and O–H groups in total. The third-order valence-electron chi connectivity index (χ3n) is 3.41. The highest BCUT2D eigenvalue weighted by atomic mass is 32.1. The molecule has 92 valence electrons. The van der Waals surface area contributed by atoms with Crippen LogP contribution in [-0.4, -0.2) is 47.5 Å². The number of nitrogens with zero attached hydrogens (tertiary/aromatic N) is 2. The minimum atomic E-state index is 1.00. The lowest BCUT2D eigenvalue weighted by Gasteiger charge is -2.35. The van der Waals surface area contributed by atoms with E-state index in [1.54, 1.807) is 0 Å². The molecule has 0 bridgehead atoms. The van der Waals surface area contributed by atoms with Crippen molar-refractivity contribution in [1.82, 2.24) is 9.80 Å². The summed E-state index contributed by atoms with van der Waals surface area (Å²) >= 11 is 5.57. The van der Waals surface area contributed by atoms with Crippen LogP contribution in [0, 0.1) is 6.92 Å². The molecule has 1 saturated heterocycles. The second kappa shape index (κ2) is 5.61. The molecule has 0 radical (unpaired) electrons. The quantitative estimate of drug-likeness (QED) is 0.742. The van der Waals surface area contributed by atoms with Crippen LogP contribution in [0.1, 0.15) is 18.1 Å². The Balaban J connectivity index is 1.99. The first-order valence-electron chi connectivity index (χ1n) is 6.29. The van der Waals surface area contributed by atoms with Gasteiger partial charge in [0.2, 0.25) is 0 Å². The first-order chi connectivity index (χ1) is 8.20. The second-order valence-corrected chi connectivity index (χ2v) is 4.98. The van der Waals surface area contributed by atoms with Crippen molar-refractivity contribution in [2.75, 3.05) is 32.7 Å². The molecule has 0 saturated carbocycles. The predicted octanol–water partition coefficient (Wildman–Crippen LogP) is 2.31. The van der Waals surface area contributed by atoms with Crippen molar-refractivity contribution < 1.29 is 0 Å². The molecule has 1 aromatic carbocycles. The standard InChI is InChI=1S/C14H20N2S/c1-3-15-8-10-16(11-9-15)14(17)13-6-4-12(2)5-7-13/h4-7H,3,8-11H2,1-2H3. The van der Waals surface area contributed by atoms with Crippen molar-refractivity contribution in [2.45, 2.75) is 13.8 Å². The van der Waals surface area contributed by atoms with Crippen molar-refractivity contribution in [2.24, 2.45) is 0 Å². The van der Waals surface area contributed by atoms with Gasteiger partial charge in [-0.05, 0) is 13.5 Å². The fourth-order valence-corrected chi connectivity index (χ4v) is 2.46. The van der Waals surface area contributed by atoms with Gasteiger partial charge in [0.25, 0.3) is 0 Å². The van der Waals surface area contributed by atoms with E-state index in [4.69, 9.17) is 12.2 Å². The Morgan fingerprint density at radius 1 is 1.12 bits per heavy atom. The third kappa shape index (κ3) is 3.05. The van der Waals surface area contributed by atoms with Gasteiger partial charge in [-0.3, -0.25) is 0 Å². The first-order valence-corrected chi connectivity index (χ1v) is 6.70. The topological polar surface area (TPSA) is 6.48 Å². The van der Waals surface area contributed by atoms with E-state index in [-0.39, 0.29) is 0 Å². The maximum absolute atomic E-state index is 5.57. The molecule has 0 aromatic heterocycles. The summed E-state index contributed by atoms with van der Waals surface area (Å²) in [5.74, 6) is 0. The molecule has 3 heteroatoms. The minimum absolute atomic E-state index is 1.00. The Morgan fingerprint density at radius 2 is 1.71 bits per heavy atom. The molecule has 0 spiro atoms. The van der Waals surface area contributed by atoms with Gasteiger partial charge >= 0.3 is 0 Å². The molecule has 0 amide bonds. The highest BCUT2D eigenvalue weighted by molar-refractivity contribution is 7.80. The number of rotatable bonds is 2. The molecule has 1 fully saturated rings. The normalized spacial score (nSPS) is 17.2. The van der Waals surface area contributed by atoms with Crippen LogP contribution in [0.15, 0.2) is 24.3 Å². The van der Waals surface area contributed by atoms with Gasteiger partial charge in [0.05, 0.1) is 0 Å². The minimum Gasteiger partial charge on any atom is -0.360 e. The summed E-state index contributed by atoms with van der Waals surface area (Å²) in [7, 11) is 0. The Kier molecular flexibility index (Phi) is 4.13. The summed E-state index contributed by atoms with van der Waals surface area (Å²) in [5.41, 5.74) is 2.46. The molecule has 2 nitrogen and oxygen atoms in total. The van der Waals surface area contributed by atoms with Gasteiger partial charge in [-0.15, -0.1) is 0 Å². The molecular weight excluding hydrogens is 228 g/mol. The lowest BCUT2D eigenvalue weighted by molar-refractivity contribution is 0.192. The number of benzene rings is 1. The van der Waals surface area contributed by atoms with Crippen LogP contribution in [0.2, 0.25) is 0 Å². The van der Waals surface area contributed by atoms with E-state index in [1.165, 1.54) is 11.1 Å². The van der Waals surface area contributed by atoms with E-state index in [0.29, 0.717) is 0 Å². The van der Waals surface area contributed by atoms with Crippen LogP contribution in [0.3, 0.4) is 0 Å². The summed E-state index contributed by atoms with van der Waals surface area (Å²) in [6, 6.07) is 8.52. The third-order valence-corrected chi connectivity index (χ3v) is 3.90. The van der Waals surface area contributed by atoms with Gasteiger partial charge in [-0.25, -0.2) is 0 Å². The SMILES string of the molecule is CCN1CCN(C(=S)c2ccc(C)cc2)CC1. The molecule has 17 heavy (non-hydrogen) atoms. The molecule has 0 atom stereocenters. The van der Waals surface area contributed by atoms with Crippen LogP contribution in [0.25, 0.3) is 0 Å². The number of hydrogen-bond donors (Lipinski definition) is 0. The molecule has 2 rings (SSSR count). The maximum Gasteiger partial charge on any atom is 0.109 e. The van der Waals surface area contributed by atoms with Crippen molar-refractivity contribution >= 4 is 17.2 Å². The molecule has 1 aliphatic heterocycles. The molecule has 1 aliphatic rings. The highest BCUT2D eigenvalue weighted by Gasteiger charge is 2.18. The zero-order chi connectivity index (χ0) is 12.3. The van der Waals surface area contributed by atoms with E-state index in [0.717, 1.165) is 37.7 Å². The van der Waals surface area contributed by atoms with Gasteiger partial charge < -0.3 is 9.80 Å². The second-order valence-electron chi connectivity index (χ2n) is 4.59. The van der Waals surface area contributed by atoms with Crippen molar-refractivity contribution in [3.63, 3.8) is 0 Å². The Morgan fingerprint density at radius 3 is 2.24 bits per heavy atom. The van der Waals surface area contributed by atoms with Crippen LogP contribution in [0.5, 0.6) is 0 Å². The van der Waals surface area contributed by atoms with Gasteiger partial charge in [0, 0.05) is 31.7 Å². The van der Waals surface area contributed by atoms with Gasteiger partial charge in [-0.2, -0.15) is 0 Å². The van der Waals surface area contributed by atoms with E-state index >= 15 is 0 Å². The van der Waals surface area contributed by atoms with Crippen LogP contribution in [0.4, 0.5) is 0 Å². The first kappa shape index (κ1) is 12.5. The van der Waals surface area contributed by atoms with Crippen LogP contribution < -0.4 is 0 Å². The maximum atomic E-state index is 5.57. The monoisotopic (exact) mass is 248 g/mol. The van der Waals surface area contributed by atoms with Gasteiger partial charge in [-0.1, -0.05) is 49.0 Å². The molecular formula is C14H20N2S. The Bertz CT molecular complexity index is 378. The van der Waals surface area contributed by atoms with E-state index in [2.05, 4.69) is 47.9 Å². The fourth-order valence-electron chi connectivity index (χ4n) is 2.15. The fraction of sp³-hybridized carbons (Fsp3) is 0.500. The Hall–Kier alpha value is -0.930. The average molecular weight is 248 g/mol. The van der Waals surface area contributed by atoms with E-state index in [9.17, 15) is 0 Å². The molecule has 1 aromatic rings. The number of aryl methyl sites for hydroxylation is 1. The zero-order valence-electron chi connectivity index (χ0n) is 10.6. The lowest BCUT2D eigenvalue weighted by atomic mass is 10.1. The highest BCUT2D eigenvalue weighted by Crippen LogP contribution is 2.11. The van der Waals surface area contributed by atoms with Crippen molar-refractivity contribution in [3.05, 3.63) is 35.4 Å². The van der Waals surface area contributed by atoms with Gasteiger partial charge in [0.15, 0.2) is 0 Å². The van der Waals surface area contributed by atoms with Crippen molar-refractivity contribution in [1.29, 1.82) is 0 Å². The summed E-state index contributed by atoms with van der Waals surface area (Å²) in [6.45, 7) is 9.83. The zero-order valence-corrected chi connectivity index (χ0v) is 11.5. The predicted molar refractivity (Wildman–Crippen MR) is 76.6 cm³/mol. The average Bonchev–Trinajstić information content (AvgIpc) is 2.39. The van der Waals surface area contributed by atoms with E-state index in [1.807, 2.05) is 0 Å². The van der Waals surface area contributed by atoms with E-state index < -0.39 is 0 Å². The molecule has 0 unspecified atom stereocenters. The lowest BCUT2D eigenvalue weighted by Crippen LogP contribution is -2.48. The Labute approximate surface area is 109 Å². The van der Waals surface area contributed by atoms with Crippen LogP contribution in [-0.2, 0) is 0 Å². The number of hydrogen-bond acceptors (Lipinski definition) is 2. The number of thiocarbonyl (C=S) groups is 1.